The smallest absolute Gasteiger partial charge is 0.253 e. The van der Waals surface area contributed by atoms with Crippen molar-refractivity contribution in [2.24, 2.45) is 5.92 Å². The van der Waals surface area contributed by atoms with Crippen molar-refractivity contribution in [1.82, 2.24) is 19.6 Å². The summed E-state index contributed by atoms with van der Waals surface area (Å²) in [6.07, 6.45) is 6.31. The zero-order valence-corrected chi connectivity index (χ0v) is 18.4. The fourth-order valence-electron chi connectivity index (χ4n) is 5.13. The van der Waals surface area contributed by atoms with Crippen LogP contribution in [0.25, 0.3) is 5.69 Å². The molecular weight excluding hydrogens is 419 g/mol. The summed E-state index contributed by atoms with van der Waals surface area (Å²) in [5.74, 6) is 0.224. The fourth-order valence-corrected chi connectivity index (χ4v) is 5.13. The van der Waals surface area contributed by atoms with Crippen molar-refractivity contribution < 1.29 is 14.0 Å². The van der Waals surface area contributed by atoms with Gasteiger partial charge in [0.25, 0.3) is 5.91 Å². The summed E-state index contributed by atoms with van der Waals surface area (Å²) in [7, 11) is 0. The molecule has 0 N–H and O–H groups in total. The molecule has 33 heavy (non-hydrogen) atoms. The summed E-state index contributed by atoms with van der Waals surface area (Å²) in [5, 5.41) is 4.22. The van der Waals surface area contributed by atoms with E-state index in [1.165, 1.54) is 12.1 Å². The third-order valence-electron chi connectivity index (χ3n) is 6.84. The number of piperidine rings is 2. The molecule has 170 valence electrons. The van der Waals surface area contributed by atoms with Gasteiger partial charge < -0.3 is 9.80 Å². The van der Waals surface area contributed by atoms with Crippen LogP contribution in [0.1, 0.15) is 35.2 Å². The van der Waals surface area contributed by atoms with Gasteiger partial charge in [-0.05, 0) is 73.2 Å². The predicted octanol–water partition coefficient (Wildman–Crippen LogP) is 3.71. The van der Waals surface area contributed by atoms with E-state index in [0.29, 0.717) is 38.0 Å². The SMILES string of the molecule is O=C(c1ccc(-n2cccn2)cc1)N1CC[C@H]2[C@H](CCC(=O)N2CCc2cccc(F)c2)C1. The van der Waals surface area contributed by atoms with Gasteiger partial charge in [-0.25, -0.2) is 9.07 Å². The Morgan fingerprint density at radius 3 is 2.70 bits per heavy atom. The molecule has 2 fully saturated rings. The number of carbonyl (C=O) groups is 2. The average molecular weight is 447 g/mol. The first-order chi connectivity index (χ1) is 16.1. The van der Waals surface area contributed by atoms with Gasteiger partial charge in [0, 0.05) is 50.1 Å². The maximum atomic E-state index is 13.5. The topological polar surface area (TPSA) is 58.4 Å². The Morgan fingerprint density at radius 2 is 1.94 bits per heavy atom. The second-order valence-corrected chi connectivity index (χ2v) is 8.87. The van der Waals surface area contributed by atoms with Gasteiger partial charge in [0.15, 0.2) is 0 Å². The fraction of sp³-hybridized carbons (Fsp3) is 0.346. The number of aromatic nitrogens is 2. The van der Waals surface area contributed by atoms with Crippen molar-refractivity contribution in [2.75, 3.05) is 19.6 Å². The highest BCUT2D eigenvalue weighted by atomic mass is 19.1. The van der Waals surface area contributed by atoms with Gasteiger partial charge in [-0.2, -0.15) is 5.10 Å². The minimum atomic E-state index is -0.250. The molecular formula is C26H27FN4O2. The maximum Gasteiger partial charge on any atom is 0.253 e. The number of amides is 2. The standard InChI is InChI=1S/C26H27FN4O2/c27-22-4-1-3-19(17-22)11-16-30-24-12-15-29(18-21(24)7-10-25(30)32)26(33)20-5-8-23(9-6-20)31-14-2-13-28-31/h1-6,8-9,13-14,17,21,24H,7,10-12,15-16,18H2/t21-,24+/m1/s1. The van der Waals surface area contributed by atoms with E-state index in [4.69, 9.17) is 0 Å². The molecule has 2 saturated heterocycles. The molecule has 3 aromatic rings. The molecule has 2 aromatic carbocycles. The van der Waals surface area contributed by atoms with Gasteiger partial charge >= 0.3 is 0 Å². The van der Waals surface area contributed by atoms with Crippen molar-refractivity contribution in [3.05, 3.63) is 83.9 Å². The van der Waals surface area contributed by atoms with E-state index in [-0.39, 0.29) is 29.6 Å². The first-order valence-corrected chi connectivity index (χ1v) is 11.5. The van der Waals surface area contributed by atoms with Crippen LogP contribution >= 0.6 is 0 Å². The summed E-state index contributed by atoms with van der Waals surface area (Å²) >= 11 is 0. The summed E-state index contributed by atoms with van der Waals surface area (Å²) in [5.41, 5.74) is 2.48. The lowest BCUT2D eigenvalue weighted by atomic mass is 9.83. The third kappa shape index (κ3) is 4.53. The lowest BCUT2D eigenvalue weighted by Gasteiger charge is -2.47. The van der Waals surface area contributed by atoms with Crippen LogP contribution in [-0.2, 0) is 11.2 Å². The predicted molar refractivity (Wildman–Crippen MR) is 122 cm³/mol. The number of carbonyl (C=O) groups excluding carboxylic acids is 2. The second kappa shape index (κ2) is 9.17. The largest absolute Gasteiger partial charge is 0.339 e. The quantitative estimate of drug-likeness (QED) is 0.601. The third-order valence-corrected chi connectivity index (χ3v) is 6.84. The first-order valence-electron chi connectivity index (χ1n) is 11.5. The highest BCUT2D eigenvalue weighted by Gasteiger charge is 2.40. The van der Waals surface area contributed by atoms with Crippen molar-refractivity contribution in [1.29, 1.82) is 0 Å². The minimum absolute atomic E-state index is 0.0312. The number of hydrogen-bond donors (Lipinski definition) is 0. The molecule has 0 bridgehead atoms. The van der Waals surface area contributed by atoms with Gasteiger partial charge in [0.1, 0.15) is 5.82 Å². The van der Waals surface area contributed by atoms with Crippen LogP contribution in [0.15, 0.2) is 67.0 Å². The molecule has 2 amide bonds. The number of benzene rings is 2. The molecule has 0 unspecified atom stereocenters. The van der Waals surface area contributed by atoms with Gasteiger partial charge in [0.2, 0.25) is 5.91 Å². The van der Waals surface area contributed by atoms with Crippen LogP contribution in [0.2, 0.25) is 0 Å². The van der Waals surface area contributed by atoms with Crippen molar-refractivity contribution in [3.63, 3.8) is 0 Å². The molecule has 1 aromatic heterocycles. The molecule has 7 heteroatoms. The molecule has 0 radical (unpaired) electrons. The Kier molecular flexibility index (Phi) is 5.94. The van der Waals surface area contributed by atoms with Gasteiger partial charge in [-0.1, -0.05) is 12.1 Å². The molecule has 6 nitrogen and oxygen atoms in total. The van der Waals surface area contributed by atoms with Crippen LogP contribution in [0, 0.1) is 11.7 Å². The molecule has 0 aliphatic carbocycles. The Hall–Kier alpha value is -3.48. The van der Waals surface area contributed by atoms with E-state index in [2.05, 4.69) is 5.10 Å². The maximum absolute atomic E-state index is 13.5. The Balaban J connectivity index is 1.23. The molecule has 3 heterocycles. The van der Waals surface area contributed by atoms with E-state index >= 15 is 0 Å². The van der Waals surface area contributed by atoms with Gasteiger partial charge in [-0.15, -0.1) is 0 Å². The summed E-state index contributed by atoms with van der Waals surface area (Å²) in [4.78, 5) is 29.7. The number of fused-ring (bicyclic) bond motifs is 1. The van der Waals surface area contributed by atoms with Crippen molar-refractivity contribution in [2.45, 2.75) is 31.7 Å². The van der Waals surface area contributed by atoms with Crippen molar-refractivity contribution in [3.8, 4) is 5.69 Å². The van der Waals surface area contributed by atoms with Crippen LogP contribution in [0.3, 0.4) is 0 Å². The first kappa shape index (κ1) is 21.4. The lowest BCUT2D eigenvalue weighted by molar-refractivity contribution is -0.140. The molecule has 2 atom stereocenters. The number of nitrogens with zero attached hydrogens (tertiary/aromatic N) is 4. The highest BCUT2D eigenvalue weighted by Crippen LogP contribution is 2.32. The average Bonchev–Trinajstić information content (AvgIpc) is 3.38. The molecule has 2 aliphatic heterocycles. The monoisotopic (exact) mass is 446 g/mol. The zero-order valence-electron chi connectivity index (χ0n) is 18.4. The van der Waals surface area contributed by atoms with Crippen LogP contribution in [-0.4, -0.2) is 57.1 Å². The summed E-state index contributed by atoms with van der Waals surface area (Å²) < 4.78 is 15.3. The molecule has 0 saturated carbocycles. The van der Waals surface area contributed by atoms with E-state index in [0.717, 1.165) is 24.1 Å². The van der Waals surface area contributed by atoms with E-state index in [1.54, 1.807) is 16.9 Å². The lowest BCUT2D eigenvalue weighted by Crippen LogP contribution is -2.57. The van der Waals surface area contributed by atoms with E-state index in [9.17, 15) is 14.0 Å². The van der Waals surface area contributed by atoms with E-state index < -0.39 is 0 Å². The Morgan fingerprint density at radius 1 is 1.09 bits per heavy atom. The number of rotatable bonds is 5. The number of likely N-dealkylation sites (tertiary alicyclic amines) is 2. The Labute approximate surface area is 192 Å². The van der Waals surface area contributed by atoms with Gasteiger partial charge in [-0.3, -0.25) is 9.59 Å². The molecule has 0 spiro atoms. The number of halogens is 1. The van der Waals surface area contributed by atoms with E-state index in [1.807, 2.05) is 52.4 Å². The zero-order chi connectivity index (χ0) is 22.8. The van der Waals surface area contributed by atoms with Crippen LogP contribution in [0.5, 0.6) is 0 Å². The van der Waals surface area contributed by atoms with Crippen molar-refractivity contribution >= 4 is 11.8 Å². The van der Waals surface area contributed by atoms with Crippen LogP contribution < -0.4 is 0 Å². The molecule has 2 aliphatic rings. The normalized spacial score (nSPS) is 20.6. The van der Waals surface area contributed by atoms with Crippen LogP contribution in [0.4, 0.5) is 4.39 Å². The Bertz CT molecular complexity index is 1130. The second-order valence-electron chi connectivity index (χ2n) is 8.87. The number of hydrogen-bond acceptors (Lipinski definition) is 3. The van der Waals surface area contributed by atoms with Gasteiger partial charge in [0.05, 0.1) is 5.69 Å². The highest BCUT2D eigenvalue weighted by molar-refractivity contribution is 5.94. The summed E-state index contributed by atoms with van der Waals surface area (Å²) in [6.45, 7) is 1.88. The molecule has 5 rings (SSSR count). The summed E-state index contributed by atoms with van der Waals surface area (Å²) in [6, 6.07) is 16.1. The minimum Gasteiger partial charge on any atom is -0.339 e.